The summed E-state index contributed by atoms with van der Waals surface area (Å²) in [7, 11) is 0. The van der Waals surface area contributed by atoms with Gasteiger partial charge in [0, 0.05) is 5.75 Å². The van der Waals surface area contributed by atoms with Crippen LogP contribution in [0.4, 0.5) is 0 Å². The molecule has 0 bridgehead atoms. The molecule has 0 aliphatic carbocycles. The Balaban J connectivity index is 2.84. The molecule has 0 aromatic carbocycles. The second-order valence-electron chi connectivity index (χ2n) is 2.13. The number of carbonyl (C=O) groups excluding carboxylic acids is 1. The highest BCUT2D eigenvalue weighted by atomic mass is 32.2. The Morgan fingerprint density at radius 3 is 2.70 bits per heavy atom. The lowest BCUT2D eigenvalue weighted by Crippen LogP contribution is -2.24. The van der Waals surface area contributed by atoms with Crippen molar-refractivity contribution in [1.82, 2.24) is 0 Å². The van der Waals surface area contributed by atoms with Crippen LogP contribution in [0.2, 0.25) is 0 Å². The minimum atomic E-state index is -0.957. The van der Waals surface area contributed by atoms with Crippen molar-refractivity contribution in [3.8, 4) is 0 Å². The smallest absolute Gasteiger partial charge is 0.0513 e. The van der Waals surface area contributed by atoms with Crippen LogP contribution in [0.15, 0.2) is 0 Å². The lowest BCUT2D eigenvalue weighted by Gasteiger charge is -2.00. The quantitative estimate of drug-likeness (QED) is 0.537. The van der Waals surface area contributed by atoms with Crippen molar-refractivity contribution in [2.24, 2.45) is 0 Å². The molecular formula is C7H13O2S-. The zero-order chi connectivity index (χ0) is 7.82. The van der Waals surface area contributed by atoms with Gasteiger partial charge in [-0.2, -0.15) is 11.8 Å². The van der Waals surface area contributed by atoms with Crippen LogP contribution >= 0.6 is 11.8 Å². The molecule has 0 fully saturated rings. The van der Waals surface area contributed by atoms with Gasteiger partial charge in [-0.1, -0.05) is 19.8 Å². The Bertz CT molecular complexity index is 93.6. The molecule has 0 radical (unpaired) electrons. The van der Waals surface area contributed by atoms with E-state index in [4.69, 9.17) is 0 Å². The third-order valence-electron chi connectivity index (χ3n) is 1.11. The van der Waals surface area contributed by atoms with E-state index in [0.717, 1.165) is 12.2 Å². The van der Waals surface area contributed by atoms with Crippen LogP contribution < -0.4 is 5.11 Å². The zero-order valence-corrected chi connectivity index (χ0v) is 7.08. The van der Waals surface area contributed by atoms with E-state index in [1.54, 1.807) is 0 Å². The number of aliphatic carboxylic acids is 1. The monoisotopic (exact) mass is 161 g/mol. The number of thioether (sulfide) groups is 1. The molecule has 60 valence electrons. The summed E-state index contributed by atoms with van der Waals surface area (Å²) in [5.74, 6) is 0.132. The first kappa shape index (κ1) is 9.82. The molecule has 0 N–H and O–H groups in total. The maximum absolute atomic E-state index is 9.90. The van der Waals surface area contributed by atoms with Crippen LogP contribution in [0, 0.1) is 0 Å². The third-order valence-corrected chi connectivity index (χ3v) is 2.13. The average Bonchev–Trinajstić information content (AvgIpc) is 1.87. The second-order valence-corrected chi connectivity index (χ2v) is 3.24. The molecule has 0 aliphatic heterocycles. The Labute approximate surface area is 66.0 Å². The van der Waals surface area contributed by atoms with Gasteiger partial charge in [-0.05, 0) is 12.2 Å². The van der Waals surface area contributed by atoms with Crippen molar-refractivity contribution in [2.75, 3.05) is 11.5 Å². The van der Waals surface area contributed by atoms with E-state index in [1.807, 2.05) is 0 Å². The minimum absolute atomic E-state index is 0.143. The van der Waals surface area contributed by atoms with Crippen molar-refractivity contribution < 1.29 is 9.90 Å². The Morgan fingerprint density at radius 1 is 1.50 bits per heavy atom. The summed E-state index contributed by atoms with van der Waals surface area (Å²) in [4.78, 5) is 9.90. The fraction of sp³-hybridized carbons (Fsp3) is 0.857. The first-order valence-corrected chi connectivity index (χ1v) is 4.70. The average molecular weight is 161 g/mol. The predicted molar refractivity (Wildman–Crippen MR) is 41.9 cm³/mol. The number of carbonyl (C=O) groups is 1. The summed E-state index contributed by atoms with van der Waals surface area (Å²) in [5.41, 5.74) is 0. The molecule has 0 atom stereocenters. The highest BCUT2D eigenvalue weighted by molar-refractivity contribution is 7.99. The van der Waals surface area contributed by atoms with Crippen LogP contribution in [0.5, 0.6) is 0 Å². The van der Waals surface area contributed by atoms with Gasteiger partial charge in [0.15, 0.2) is 0 Å². The fourth-order valence-corrected chi connectivity index (χ4v) is 1.33. The van der Waals surface area contributed by atoms with Crippen LogP contribution in [0.3, 0.4) is 0 Å². The Morgan fingerprint density at radius 2 is 2.20 bits per heavy atom. The molecule has 0 aromatic heterocycles. The topological polar surface area (TPSA) is 40.1 Å². The van der Waals surface area contributed by atoms with Crippen molar-refractivity contribution in [1.29, 1.82) is 0 Å². The van der Waals surface area contributed by atoms with Gasteiger partial charge in [-0.15, -0.1) is 0 Å². The van der Waals surface area contributed by atoms with E-state index in [9.17, 15) is 9.90 Å². The molecule has 0 heterocycles. The highest BCUT2D eigenvalue weighted by Gasteiger charge is 1.88. The van der Waals surface area contributed by atoms with Crippen molar-refractivity contribution >= 4 is 17.7 Å². The first-order valence-electron chi connectivity index (χ1n) is 3.55. The van der Waals surface area contributed by atoms with Gasteiger partial charge in [0.25, 0.3) is 0 Å². The maximum Gasteiger partial charge on any atom is 0.0513 e. The van der Waals surface area contributed by atoms with Gasteiger partial charge in [0.1, 0.15) is 0 Å². The van der Waals surface area contributed by atoms with Gasteiger partial charge in [-0.3, -0.25) is 0 Å². The predicted octanol–water partition coefficient (Wildman–Crippen LogP) is 0.660. The largest absolute Gasteiger partial charge is 0.549 e. The summed E-state index contributed by atoms with van der Waals surface area (Å²) in [6, 6.07) is 0. The standard InChI is InChI=1S/C7H14O2S/c1-2-3-4-5-10-6-7(8)9/h2-6H2,1H3,(H,8,9)/p-1. The van der Waals surface area contributed by atoms with E-state index < -0.39 is 5.97 Å². The van der Waals surface area contributed by atoms with Crippen LogP contribution in [0.1, 0.15) is 26.2 Å². The molecule has 0 saturated heterocycles. The SMILES string of the molecule is CCCCCSCC(=O)[O-]. The number of carboxylic acid groups (broad SMARTS) is 1. The molecule has 2 nitrogen and oxygen atoms in total. The lowest BCUT2D eigenvalue weighted by atomic mass is 10.3. The van der Waals surface area contributed by atoms with Gasteiger partial charge < -0.3 is 9.90 Å². The Kier molecular flexibility index (Phi) is 6.81. The fourth-order valence-electron chi connectivity index (χ4n) is 0.610. The summed E-state index contributed by atoms with van der Waals surface area (Å²) in [6.07, 6.45) is 3.50. The van der Waals surface area contributed by atoms with Gasteiger partial charge in [-0.25, -0.2) is 0 Å². The first-order chi connectivity index (χ1) is 4.77. The van der Waals surface area contributed by atoms with Crippen molar-refractivity contribution in [3.05, 3.63) is 0 Å². The molecule has 0 saturated carbocycles. The third kappa shape index (κ3) is 7.82. The normalized spacial score (nSPS) is 9.70. The highest BCUT2D eigenvalue weighted by Crippen LogP contribution is 2.04. The van der Waals surface area contributed by atoms with E-state index in [-0.39, 0.29) is 5.75 Å². The minimum Gasteiger partial charge on any atom is -0.549 e. The molecule has 10 heavy (non-hydrogen) atoms. The number of rotatable bonds is 6. The van der Waals surface area contributed by atoms with Crippen molar-refractivity contribution in [2.45, 2.75) is 26.2 Å². The number of unbranched alkanes of at least 4 members (excludes halogenated alkanes) is 2. The van der Waals surface area contributed by atoms with E-state index in [2.05, 4.69) is 6.92 Å². The van der Waals surface area contributed by atoms with Gasteiger partial charge in [0.05, 0.1) is 5.97 Å². The molecule has 0 aromatic rings. The maximum atomic E-state index is 9.90. The molecule has 0 aliphatic rings. The number of hydrogen-bond donors (Lipinski definition) is 0. The molecule has 0 unspecified atom stereocenters. The van der Waals surface area contributed by atoms with Crippen molar-refractivity contribution in [3.63, 3.8) is 0 Å². The second kappa shape index (κ2) is 6.93. The number of hydrogen-bond acceptors (Lipinski definition) is 3. The van der Waals surface area contributed by atoms with Crippen LogP contribution in [0.25, 0.3) is 0 Å². The summed E-state index contributed by atoms with van der Waals surface area (Å²) >= 11 is 1.44. The van der Waals surface area contributed by atoms with E-state index in [0.29, 0.717) is 0 Å². The molecule has 0 spiro atoms. The van der Waals surface area contributed by atoms with Crippen LogP contribution in [-0.2, 0) is 4.79 Å². The van der Waals surface area contributed by atoms with Gasteiger partial charge in [0.2, 0.25) is 0 Å². The molecule has 0 rings (SSSR count). The van der Waals surface area contributed by atoms with E-state index >= 15 is 0 Å². The molecule has 0 amide bonds. The lowest BCUT2D eigenvalue weighted by molar-refractivity contribution is -0.301. The van der Waals surface area contributed by atoms with Crippen LogP contribution in [-0.4, -0.2) is 17.5 Å². The summed E-state index contributed by atoms with van der Waals surface area (Å²) < 4.78 is 0. The molecular weight excluding hydrogens is 148 g/mol. The number of carboxylic acids is 1. The summed E-state index contributed by atoms with van der Waals surface area (Å²) in [6.45, 7) is 2.13. The zero-order valence-electron chi connectivity index (χ0n) is 6.26. The Hall–Kier alpha value is -0.180. The van der Waals surface area contributed by atoms with E-state index in [1.165, 1.54) is 24.6 Å². The summed E-state index contributed by atoms with van der Waals surface area (Å²) in [5, 5.41) is 9.90. The van der Waals surface area contributed by atoms with Gasteiger partial charge >= 0.3 is 0 Å². The molecule has 3 heteroatoms.